The first-order valence-corrected chi connectivity index (χ1v) is 11.7. The number of nitrogens with zero attached hydrogens (tertiary/aromatic N) is 2. The Bertz CT molecular complexity index is 729. The van der Waals surface area contributed by atoms with Crippen LogP contribution in [0.5, 0.6) is 0 Å². The molecule has 0 spiro atoms. The number of likely N-dealkylation sites (N-methyl/N-ethyl adjacent to an activating group) is 1. The SMILES string of the molecule is CCN(CC)[C@H](CNC(=O)C1CCN(S(C)(=O)=O)CC1)c1ccccc1Cl. The fourth-order valence-electron chi connectivity index (χ4n) is 3.64. The van der Waals surface area contributed by atoms with Crippen LogP contribution in [0.3, 0.4) is 0 Å². The van der Waals surface area contributed by atoms with Gasteiger partial charge in [0.2, 0.25) is 15.9 Å². The molecule has 27 heavy (non-hydrogen) atoms. The molecule has 8 heteroatoms. The highest BCUT2D eigenvalue weighted by Gasteiger charge is 2.29. The van der Waals surface area contributed by atoms with Crippen molar-refractivity contribution in [1.82, 2.24) is 14.5 Å². The average Bonchev–Trinajstić information content (AvgIpc) is 2.65. The molecule has 6 nitrogen and oxygen atoms in total. The topological polar surface area (TPSA) is 69.7 Å². The van der Waals surface area contributed by atoms with Gasteiger partial charge in [0, 0.05) is 30.6 Å². The van der Waals surface area contributed by atoms with Crippen molar-refractivity contribution in [3.63, 3.8) is 0 Å². The predicted molar refractivity (Wildman–Crippen MR) is 109 cm³/mol. The number of nitrogens with one attached hydrogen (secondary N) is 1. The monoisotopic (exact) mass is 415 g/mol. The van der Waals surface area contributed by atoms with E-state index in [-0.39, 0.29) is 17.9 Å². The summed E-state index contributed by atoms with van der Waals surface area (Å²) in [4.78, 5) is 14.9. The van der Waals surface area contributed by atoms with E-state index in [1.807, 2.05) is 24.3 Å². The van der Waals surface area contributed by atoms with Gasteiger partial charge in [0.15, 0.2) is 0 Å². The Balaban J connectivity index is 2.01. The number of amides is 1. The summed E-state index contributed by atoms with van der Waals surface area (Å²) in [5.74, 6) is -0.154. The van der Waals surface area contributed by atoms with Gasteiger partial charge >= 0.3 is 0 Å². The van der Waals surface area contributed by atoms with E-state index in [9.17, 15) is 13.2 Å². The summed E-state index contributed by atoms with van der Waals surface area (Å²) in [6.07, 6.45) is 2.33. The Kier molecular flexibility index (Phi) is 8.09. The zero-order chi connectivity index (χ0) is 20.0. The second-order valence-corrected chi connectivity index (χ2v) is 9.33. The fourth-order valence-corrected chi connectivity index (χ4v) is 4.77. The van der Waals surface area contributed by atoms with Crippen LogP contribution in [0.15, 0.2) is 24.3 Å². The first kappa shape index (κ1) is 22.1. The predicted octanol–water partition coefficient (Wildman–Crippen LogP) is 2.51. The number of hydrogen-bond donors (Lipinski definition) is 1. The summed E-state index contributed by atoms with van der Waals surface area (Å²) >= 11 is 6.40. The van der Waals surface area contributed by atoms with E-state index < -0.39 is 10.0 Å². The van der Waals surface area contributed by atoms with Crippen LogP contribution in [0, 0.1) is 5.92 Å². The second kappa shape index (κ2) is 9.87. The molecule has 1 atom stereocenters. The molecule has 1 aliphatic rings. The Hall–Kier alpha value is -1.15. The van der Waals surface area contributed by atoms with Gasteiger partial charge in [-0.05, 0) is 37.6 Å². The maximum Gasteiger partial charge on any atom is 0.223 e. The van der Waals surface area contributed by atoms with E-state index in [1.54, 1.807) is 0 Å². The Morgan fingerprint density at radius 1 is 1.26 bits per heavy atom. The molecule has 1 heterocycles. The third-order valence-electron chi connectivity index (χ3n) is 5.28. The third kappa shape index (κ3) is 5.91. The highest BCUT2D eigenvalue weighted by Crippen LogP contribution is 2.27. The lowest BCUT2D eigenvalue weighted by Gasteiger charge is -2.33. The highest BCUT2D eigenvalue weighted by molar-refractivity contribution is 7.88. The van der Waals surface area contributed by atoms with Crippen LogP contribution in [0.25, 0.3) is 0 Å². The van der Waals surface area contributed by atoms with Gasteiger partial charge in [0.05, 0.1) is 12.3 Å². The van der Waals surface area contributed by atoms with Gasteiger partial charge in [-0.2, -0.15) is 0 Å². The van der Waals surface area contributed by atoms with E-state index in [2.05, 4.69) is 24.1 Å². The molecule has 1 saturated heterocycles. The Morgan fingerprint density at radius 2 is 1.85 bits per heavy atom. The number of carbonyl (C=O) groups is 1. The van der Waals surface area contributed by atoms with Crippen LogP contribution < -0.4 is 5.32 Å². The van der Waals surface area contributed by atoms with Gasteiger partial charge in [0.25, 0.3) is 0 Å². The van der Waals surface area contributed by atoms with Crippen molar-refractivity contribution in [3.05, 3.63) is 34.9 Å². The molecule has 1 fully saturated rings. The van der Waals surface area contributed by atoms with Crippen LogP contribution >= 0.6 is 11.6 Å². The minimum absolute atomic E-state index is 0.00707. The lowest BCUT2D eigenvalue weighted by molar-refractivity contribution is -0.126. The van der Waals surface area contributed by atoms with Crippen LogP contribution in [0.2, 0.25) is 5.02 Å². The summed E-state index contributed by atoms with van der Waals surface area (Å²) in [7, 11) is -3.18. The molecule has 0 saturated carbocycles. The van der Waals surface area contributed by atoms with Gasteiger partial charge < -0.3 is 5.32 Å². The summed E-state index contributed by atoms with van der Waals surface area (Å²) in [5, 5.41) is 3.77. The first-order chi connectivity index (χ1) is 12.8. The number of carbonyl (C=O) groups excluding carboxylic acids is 1. The van der Waals surface area contributed by atoms with E-state index in [0.717, 1.165) is 18.7 Å². The van der Waals surface area contributed by atoms with E-state index in [0.29, 0.717) is 37.5 Å². The van der Waals surface area contributed by atoms with Crippen LogP contribution in [0.4, 0.5) is 0 Å². The number of rotatable bonds is 8. The van der Waals surface area contributed by atoms with Crippen LogP contribution in [0.1, 0.15) is 38.3 Å². The summed E-state index contributed by atoms with van der Waals surface area (Å²) in [6.45, 7) is 7.19. The molecule has 0 unspecified atom stereocenters. The molecule has 1 N–H and O–H groups in total. The molecule has 0 radical (unpaired) electrons. The van der Waals surface area contributed by atoms with Crippen LogP contribution in [-0.2, 0) is 14.8 Å². The van der Waals surface area contributed by atoms with Gasteiger partial charge in [0.1, 0.15) is 0 Å². The molecule has 0 aliphatic carbocycles. The van der Waals surface area contributed by atoms with Crippen LogP contribution in [-0.4, -0.2) is 62.5 Å². The number of sulfonamides is 1. The van der Waals surface area contributed by atoms with Crippen molar-refractivity contribution < 1.29 is 13.2 Å². The Morgan fingerprint density at radius 3 is 2.37 bits per heavy atom. The van der Waals surface area contributed by atoms with Gasteiger partial charge in [-0.3, -0.25) is 9.69 Å². The number of halogens is 1. The lowest BCUT2D eigenvalue weighted by atomic mass is 9.97. The van der Waals surface area contributed by atoms with Crippen molar-refractivity contribution >= 4 is 27.5 Å². The van der Waals surface area contributed by atoms with Gasteiger partial charge in [-0.15, -0.1) is 0 Å². The first-order valence-electron chi connectivity index (χ1n) is 9.49. The molecular formula is C19H30ClN3O3S. The lowest BCUT2D eigenvalue weighted by Crippen LogP contribution is -2.44. The van der Waals surface area contributed by atoms with Crippen molar-refractivity contribution in [1.29, 1.82) is 0 Å². The molecule has 1 amide bonds. The van der Waals surface area contributed by atoms with Crippen molar-refractivity contribution in [2.75, 3.05) is 39.0 Å². The zero-order valence-corrected chi connectivity index (χ0v) is 17.9. The Labute approximate surface area is 167 Å². The standard InChI is InChI=1S/C19H30ClN3O3S/c1-4-22(5-2)18(16-8-6-7-9-17(16)20)14-21-19(24)15-10-12-23(13-11-15)27(3,25)26/h6-9,15,18H,4-5,10-14H2,1-3H3,(H,21,24)/t18-/m1/s1. The summed E-state index contributed by atoms with van der Waals surface area (Å²) < 4.78 is 24.7. The van der Waals surface area contributed by atoms with Crippen molar-refractivity contribution in [3.8, 4) is 0 Å². The quantitative estimate of drug-likeness (QED) is 0.708. The maximum absolute atomic E-state index is 12.6. The number of piperidine rings is 1. The number of benzene rings is 1. The molecule has 152 valence electrons. The molecule has 1 aromatic carbocycles. The number of hydrogen-bond acceptors (Lipinski definition) is 4. The van der Waals surface area contributed by atoms with Gasteiger partial charge in [-0.1, -0.05) is 43.6 Å². The van der Waals surface area contributed by atoms with E-state index in [4.69, 9.17) is 11.6 Å². The maximum atomic E-state index is 12.6. The molecule has 2 rings (SSSR count). The zero-order valence-electron chi connectivity index (χ0n) is 16.3. The normalized spacial score (nSPS) is 17.8. The molecular weight excluding hydrogens is 386 g/mol. The third-order valence-corrected chi connectivity index (χ3v) is 6.93. The molecule has 0 bridgehead atoms. The van der Waals surface area contributed by atoms with Crippen molar-refractivity contribution in [2.45, 2.75) is 32.7 Å². The largest absolute Gasteiger partial charge is 0.354 e. The minimum Gasteiger partial charge on any atom is -0.354 e. The highest BCUT2D eigenvalue weighted by atomic mass is 35.5. The van der Waals surface area contributed by atoms with Gasteiger partial charge in [-0.25, -0.2) is 12.7 Å². The summed E-state index contributed by atoms with van der Waals surface area (Å²) in [5.41, 5.74) is 1.01. The smallest absolute Gasteiger partial charge is 0.223 e. The van der Waals surface area contributed by atoms with Crippen molar-refractivity contribution in [2.24, 2.45) is 5.92 Å². The van der Waals surface area contributed by atoms with E-state index >= 15 is 0 Å². The summed E-state index contributed by atoms with van der Waals surface area (Å²) in [6, 6.07) is 7.74. The molecule has 1 aromatic rings. The average molecular weight is 416 g/mol. The molecule has 0 aromatic heterocycles. The molecule has 1 aliphatic heterocycles. The minimum atomic E-state index is -3.18. The fraction of sp³-hybridized carbons (Fsp3) is 0.632. The second-order valence-electron chi connectivity index (χ2n) is 6.94. The van der Waals surface area contributed by atoms with E-state index in [1.165, 1.54) is 10.6 Å².